The lowest BCUT2D eigenvalue weighted by Crippen LogP contribution is -2.40. The molecule has 1 N–H and O–H groups in total. The van der Waals surface area contributed by atoms with Gasteiger partial charge < -0.3 is 29.2 Å². The second-order valence-corrected chi connectivity index (χ2v) is 9.58. The largest absolute Gasteiger partial charge is 0.493 e. The Balaban J connectivity index is 1.32. The van der Waals surface area contributed by atoms with Crippen LogP contribution in [0, 0.1) is 0 Å². The highest BCUT2D eigenvalue weighted by Gasteiger charge is 2.31. The van der Waals surface area contributed by atoms with E-state index in [1.165, 1.54) is 0 Å². The van der Waals surface area contributed by atoms with Gasteiger partial charge in [0.15, 0.2) is 23.0 Å². The normalized spacial score (nSPS) is 16.2. The average Bonchev–Trinajstić information content (AvgIpc) is 3.33. The number of carbonyl (C=O) groups is 2. The van der Waals surface area contributed by atoms with Crippen LogP contribution >= 0.6 is 11.8 Å². The molecule has 0 fully saturated rings. The molecular weight excluding hydrogens is 480 g/mol. The number of para-hydroxylation sites is 1. The summed E-state index contributed by atoms with van der Waals surface area (Å²) in [5.41, 5.74) is 2.57. The molecule has 2 amide bonds. The number of amides is 2. The zero-order valence-electron chi connectivity index (χ0n) is 20.0. The Morgan fingerprint density at radius 3 is 2.67 bits per heavy atom. The third kappa shape index (κ3) is 4.92. The van der Waals surface area contributed by atoms with E-state index in [0.717, 1.165) is 21.7 Å². The summed E-state index contributed by atoms with van der Waals surface area (Å²) >= 11 is 1.60. The van der Waals surface area contributed by atoms with E-state index < -0.39 is 0 Å². The second-order valence-electron chi connectivity index (χ2n) is 8.34. The van der Waals surface area contributed by atoms with Crippen molar-refractivity contribution in [2.24, 2.45) is 0 Å². The lowest BCUT2D eigenvalue weighted by molar-refractivity contribution is -0.124. The third-order valence-corrected chi connectivity index (χ3v) is 7.42. The molecule has 186 valence electrons. The number of anilines is 1. The molecule has 36 heavy (non-hydrogen) atoms. The van der Waals surface area contributed by atoms with E-state index in [9.17, 15) is 9.59 Å². The van der Waals surface area contributed by atoms with Crippen LogP contribution in [0.25, 0.3) is 0 Å². The van der Waals surface area contributed by atoms with E-state index in [-0.39, 0.29) is 36.8 Å². The van der Waals surface area contributed by atoms with Crippen LogP contribution in [0.1, 0.15) is 22.8 Å². The van der Waals surface area contributed by atoms with Crippen molar-refractivity contribution in [3.63, 3.8) is 0 Å². The number of nitrogens with zero attached hydrogens (tertiary/aromatic N) is 1. The van der Waals surface area contributed by atoms with Gasteiger partial charge in [0.05, 0.1) is 19.9 Å². The van der Waals surface area contributed by atoms with Crippen molar-refractivity contribution < 1.29 is 28.5 Å². The van der Waals surface area contributed by atoms with Crippen LogP contribution < -0.4 is 29.2 Å². The lowest BCUT2D eigenvalue weighted by atomic mass is 10.1. The third-order valence-electron chi connectivity index (χ3n) is 6.09. The minimum absolute atomic E-state index is 0.0698. The van der Waals surface area contributed by atoms with Gasteiger partial charge in [0.2, 0.25) is 18.6 Å². The molecular formula is C27H26N2O6S. The Labute approximate surface area is 213 Å². The molecule has 0 radical (unpaired) electrons. The maximum absolute atomic E-state index is 13.4. The molecule has 2 heterocycles. The minimum atomic E-state index is -0.245. The van der Waals surface area contributed by atoms with Gasteiger partial charge in [-0.2, -0.15) is 0 Å². The number of hydrogen-bond donors (Lipinski definition) is 1. The van der Waals surface area contributed by atoms with Crippen molar-refractivity contribution in [1.82, 2.24) is 5.32 Å². The number of fused-ring (bicyclic) bond motifs is 2. The summed E-state index contributed by atoms with van der Waals surface area (Å²) in [7, 11) is 3.18. The summed E-state index contributed by atoms with van der Waals surface area (Å²) in [6.07, 6.45) is 0.240. The Hall–Kier alpha value is -3.85. The predicted molar refractivity (Wildman–Crippen MR) is 136 cm³/mol. The average molecular weight is 507 g/mol. The van der Waals surface area contributed by atoms with Gasteiger partial charge in [0, 0.05) is 23.1 Å². The van der Waals surface area contributed by atoms with Gasteiger partial charge in [-0.1, -0.05) is 24.3 Å². The van der Waals surface area contributed by atoms with Crippen LogP contribution in [-0.2, 0) is 16.1 Å². The molecule has 3 aromatic rings. The Bertz CT molecular complexity index is 1300. The molecule has 0 saturated carbocycles. The molecule has 1 atom stereocenters. The topological polar surface area (TPSA) is 86.3 Å². The minimum Gasteiger partial charge on any atom is -0.493 e. The van der Waals surface area contributed by atoms with Gasteiger partial charge >= 0.3 is 0 Å². The number of nitrogens with one attached hydrogen (secondary N) is 1. The maximum atomic E-state index is 13.4. The molecule has 0 saturated heterocycles. The van der Waals surface area contributed by atoms with Gasteiger partial charge in [0.25, 0.3) is 0 Å². The van der Waals surface area contributed by atoms with Crippen LogP contribution in [0.2, 0.25) is 0 Å². The van der Waals surface area contributed by atoms with Gasteiger partial charge in [-0.3, -0.25) is 9.59 Å². The highest BCUT2D eigenvalue weighted by molar-refractivity contribution is 7.99. The molecule has 3 aromatic carbocycles. The summed E-state index contributed by atoms with van der Waals surface area (Å²) < 4.78 is 21.5. The molecule has 0 bridgehead atoms. The van der Waals surface area contributed by atoms with Crippen LogP contribution in [0.3, 0.4) is 0 Å². The molecule has 5 rings (SSSR count). The van der Waals surface area contributed by atoms with Crippen LogP contribution in [-0.4, -0.2) is 39.4 Å². The summed E-state index contributed by atoms with van der Waals surface area (Å²) in [4.78, 5) is 28.8. The highest BCUT2D eigenvalue weighted by Crippen LogP contribution is 2.46. The quantitative estimate of drug-likeness (QED) is 0.511. The van der Waals surface area contributed by atoms with Gasteiger partial charge in [-0.05, 0) is 47.5 Å². The van der Waals surface area contributed by atoms with Gasteiger partial charge in [-0.15, -0.1) is 11.8 Å². The molecule has 8 nitrogen and oxygen atoms in total. The number of ether oxygens (including phenoxy) is 4. The number of benzene rings is 3. The SMILES string of the molecule is COc1ccc([C@H]2CC(=O)N(CC(=O)NCc3ccc4c(c3)OCO4)c3ccccc3S2)cc1OC. The van der Waals surface area contributed by atoms with Crippen molar-refractivity contribution in [2.75, 3.05) is 32.5 Å². The fraction of sp³-hybridized carbons (Fsp3) is 0.259. The van der Waals surface area contributed by atoms with E-state index in [2.05, 4.69) is 5.32 Å². The molecule has 0 unspecified atom stereocenters. The Kier molecular flexibility index (Phi) is 6.90. The van der Waals surface area contributed by atoms with Crippen LogP contribution in [0.15, 0.2) is 65.6 Å². The fourth-order valence-corrected chi connectivity index (χ4v) is 5.51. The van der Waals surface area contributed by atoms with Crippen LogP contribution in [0.5, 0.6) is 23.0 Å². The number of methoxy groups -OCH3 is 2. The molecule has 2 aliphatic heterocycles. The van der Waals surface area contributed by atoms with E-state index in [4.69, 9.17) is 18.9 Å². The molecule has 2 aliphatic rings. The summed E-state index contributed by atoms with van der Waals surface area (Å²) in [6.45, 7) is 0.450. The van der Waals surface area contributed by atoms with E-state index in [1.54, 1.807) is 30.9 Å². The van der Waals surface area contributed by atoms with Crippen LogP contribution in [0.4, 0.5) is 5.69 Å². The second kappa shape index (κ2) is 10.4. The summed E-state index contributed by atoms with van der Waals surface area (Å²) in [5, 5.41) is 2.77. The molecule has 0 aromatic heterocycles. The standard InChI is InChI=1S/C27H26N2O6S/c1-32-20-10-8-18(12-22(20)33-2)25-13-27(31)29(19-5-3-4-6-24(19)36-25)15-26(30)28-14-17-7-9-21-23(11-17)35-16-34-21/h3-12,25H,13-16H2,1-2H3,(H,28,30)/t25-/m1/s1. The number of hydrogen-bond acceptors (Lipinski definition) is 7. The van der Waals surface area contributed by atoms with E-state index >= 15 is 0 Å². The Morgan fingerprint density at radius 2 is 1.83 bits per heavy atom. The zero-order chi connectivity index (χ0) is 25.1. The molecule has 0 spiro atoms. The van der Waals surface area contributed by atoms with Gasteiger partial charge in [-0.25, -0.2) is 0 Å². The smallest absolute Gasteiger partial charge is 0.240 e. The predicted octanol–water partition coefficient (Wildman–Crippen LogP) is 4.32. The van der Waals surface area contributed by atoms with E-state index in [1.807, 2.05) is 60.7 Å². The highest BCUT2D eigenvalue weighted by atomic mass is 32.2. The fourth-order valence-electron chi connectivity index (χ4n) is 4.24. The zero-order valence-corrected chi connectivity index (χ0v) is 20.8. The first-order chi connectivity index (χ1) is 17.6. The first-order valence-electron chi connectivity index (χ1n) is 11.5. The lowest BCUT2D eigenvalue weighted by Gasteiger charge is -2.22. The molecule has 0 aliphatic carbocycles. The summed E-state index contributed by atoms with van der Waals surface area (Å²) in [6, 6.07) is 18.9. The number of thioether (sulfide) groups is 1. The van der Waals surface area contributed by atoms with E-state index in [0.29, 0.717) is 29.5 Å². The maximum Gasteiger partial charge on any atom is 0.240 e. The van der Waals surface area contributed by atoms with Crippen molar-refractivity contribution in [1.29, 1.82) is 0 Å². The first kappa shape index (κ1) is 23.9. The Morgan fingerprint density at radius 1 is 1.03 bits per heavy atom. The first-order valence-corrected chi connectivity index (χ1v) is 12.4. The molecule has 9 heteroatoms. The van der Waals surface area contributed by atoms with Crippen molar-refractivity contribution in [2.45, 2.75) is 23.1 Å². The van der Waals surface area contributed by atoms with Crippen molar-refractivity contribution in [3.8, 4) is 23.0 Å². The number of rotatable bonds is 7. The van der Waals surface area contributed by atoms with Crippen molar-refractivity contribution in [3.05, 3.63) is 71.8 Å². The van der Waals surface area contributed by atoms with Crippen molar-refractivity contribution >= 4 is 29.3 Å². The number of carbonyl (C=O) groups excluding carboxylic acids is 2. The summed E-state index contributed by atoms with van der Waals surface area (Å²) in [5.74, 6) is 2.23. The monoisotopic (exact) mass is 506 g/mol. The van der Waals surface area contributed by atoms with Gasteiger partial charge in [0.1, 0.15) is 6.54 Å².